The van der Waals surface area contributed by atoms with Crippen molar-refractivity contribution in [3.63, 3.8) is 0 Å². The molecule has 0 N–H and O–H groups in total. The van der Waals surface area contributed by atoms with Gasteiger partial charge in [-0.25, -0.2) is 6.58 Å². The average Bonchev–Trinajstić information content (AvgIpc) is 1.38. The summed E-state index contributed by atoms with van der Waals surface area (Å²) in [6, 6.07) is 0. The number of hydrogen-bond donors (Lipinski definition) is 0. The van der Waals surface area contributed by atoms with E-state index in [1.165, 1.54) is 0 Å². The molecule has 0 rings (SSSR count). The van der Waals surface area contributed by atoms with Gasteiger partial charge in [0.2, 0.25) is 0 Å². The molecular weight excluding hydrogens is 164 g/mol. The van der Waals surface area contributed by atoms with E-state index in [2.05, 4.69) is 5.73 Å². The topological polar surface area (TPSA) is 0 Å². The van der Waals surface area contributed by atoms with Crippen LogP contribution in [0.5, 0.6) is 0 Å². The van der Waals surface area contributed by atoms with E-state index in [9.17, 15) is 0 Å². The molecule has 0 aromatic heterocycles. The summed E-state index contributed by atoms with van der Waals surface area (Å²) in [4.78, 5) is 0. The molecule has 2 heteroatoms. The molecular formula is C5H7BrMg. The molecule has 36 valence electrons. The molecule has 0 aliphatic carbocycles. The zero-order valence-electron chi connectivity index (χ0n) is 4.66. The van der Waals surface area contributed by atoms with E-state index in [0.29, 0.717) is 0 Å². The largest absolute Gasteiger partial charge is 2.00 e. The van der Waals surface area contributed by atoms with Crippen molar-refractivity contribution in [3.8, 4) is 0 Å². The van der Waals surface area contributed by atoms with Gasteiger partial charge in [-0.2, -0.15) is 5.57 Å². The second-order valence-corrected chi connectivity index (χ2v) is 1.14. The third kappa shape index (κ3) is 20.1. The molecule has 0 saturated carbocycles. The van der Waals surface area contributed by atoms with Gasteiger partial charge < -0.3 is 22.7 Å². The Morgan fingerprint density at radius 1 is 1.43 bits per heavy atom. The first-order chi connectivity index (χ1) is 2.27. The standard InChI is InChI=1S/C5H7.BrH.Mg/c1-4-5(2)3;;/h1H,2-3H3;1H;/q-1;;+2/p-1. The van der Waals surface area contributed by atoms with Gasteiger partial charge in [-0.05, 0) is 0 Å². The number of rotatable bonds is 0. The van der Waals surface area contributed by atoms with Crippen molar-refractivity contribution in [1.82, 2.24) is 0 Å². The van der Waals surface area contributed by atoms with Gasteiger partial charge in [0, 0.05) is 0 Å². The molecule has 0 aromatic rings. The Morgan fingerprint density at radius 3 is 1.57 bits per heavy atom. The first-order valence-corrected chi connectivity index (χ1v) is 1.54. The predicted octanol–water partition coefficient (Wildman–Crippen LogP) is -1.84. The molecule has 0 atom stereocenters. The molecule has 0 bridgehead atoms. The van der Waals surface area contributed by atoms with E-state index in [1.807, 2.05) is 13.8 Å². The Labute approximate surface area is 71.6 Å². The van der Waals surface area contributed by atoms with Crippen LogP contribution in [0.15, 0.2) is 11.3 Å². The summed E-state index contributed by atoms with van der Waals surface area (Å²) in [6.07, 6.45) is 0. The van der Waals surface area contributed by atoms with Crippen molar-refractivity contribution in [1.29, 1.82) is 0 Å². The predicted molar refractivity (Wildman–Crippen MR) is 28.4 cm³/mol. The summed E-state index contributed by atoms with van der Waals surface area (Å²) in [5, 5.41) is 0. The summed E-state index contributed by atoms with van der Waals surface area (Å²) in [6.45, 7) is 8.69. The van der Waals surface area contributed by atoms with E-state index in [4.69, 9.17) is 6.58 Å². The fourth-order valence-electron chi connectivity index (χ4n) is 0. The Hall–Kier alpha value is 0.766. The van der Waals surface area contributed by atoms with Crippen molar-refractivity contribution < 1.29 is 17.0 Å². The van der Waals surface area contributed by atoms with E-state index >= 15 is 0 Å². The molecule has 0 saturated heterocycles. The molecule has 0 unspecified atom stereocenters. The van der Waals surface area contributed by atoms with Crippen LogP contribution in [0.3, 0.4) is 0 Å². The van der Waals surface area contributed by atoms with Gasteiger partial charge in [-0.1, -0.05) is 0 Å². The minimum Gasteiger partial charge on any atom is -1.00 e. The Balaban J connectivity index is -0.0000000800. The summed E-state index contributed by atoms with van der Waals surface area (Å²) in [5.41, 5.74) is 3.48. The molecule has 0 radical (unpaired) electrons. The molecule has 0 aliphatic rings. The summed E-state index contributed by atoms with van der Waals surface area (Å²) < 4.78 is 0. The van der Waals surface area contributed by atoms with Crippen LogP contribution in [0.1, 0.15) is 13.8 Å². The van der Waals surface area contributed by atoms with Crippen molar-refractivity contribution in [2.75, 3.05) is 0 Å². The van der Waals surface area contributed by atoms with Crippen LogP contribution in [-0.2, 0) is 0 Å². The normalized spacial score (nSPS) is 4.29. The number of allylic oxidation sites excluding steroid dienone is 1. The van der Waals surface area contributed by atoms with Gasteiger partial charge in [0.15, 0.2) is 0 Å². The Morgan fingerprint density at radius 2 is 1.57 bits per heavy atom. The van der Waals surface area contributed by atoms with Crippen molar-refractivity contribution >= 4 is 23.1 Å². The monoisotopic (exact) mass is 170 g/mol. The molecule has 7 heavy (non-hydrogen) atoms. The molecule has 0 spiro atoms. The van der Waals surface area contributed by atoms with Gasteiger partial charge in [0.1, 0.15) is 0 Å². The maximum atomic E-state index is 4.88. The molecule has 0 aliphatic heterocycles. The maximum Gasteiger partial charge on any atom is 2.00 e. The third-order valence-corrected chi connectivity index (χ3v) is 0.289. The number of halogens is 1. The van der Waals surface area contributed by atoms with Gasteiger partial charge in [-0.15, -0.1) is 13.8 Å². The van der Waals surface area contributed by atoms with Crippen molar-refractivity contribution in [3.05, 3.63) is 17.9 Å². The smallest absolute Gasteiger partial charge is 1.00 e. The van der Waals surface area contributed by atoms with E-state index in [-0.39, 0.29) is 40.0 Å². The Bertz CT molecular complexity index is 68.1. The van der Waals surface area contributed by atoms with Crippen molar-refractivity contribution in [2.24, 2.45) is 0 Å². The maximum absolute atomic E-state index is 4.88. The quantitative estimate of drug-likeness (QED) is 0.228. The average molecular weight is 171 g/mol. The molecule has 0 amide bonds. The second-order valence-electron chi connectivity index (χ2n) is 1.14. The Kier molecular flexibility index (Phi) is 22.1. The minimum atomic E-state index is 0. The second kappa shape index (κ2) is 9.90. The third-order valence-electron chi connectivity index (χ3n) is 0.289. The molecule has 0 aromatic carbocycles. The zero-order chi connectivity index (χ0) is 4.28. The van der Waals surface area contributed by atoms with Gasteiger partial charge in [0.25, 0.3) is 0 Å². The van der Waals surface area contributed by atoms with E-state index in [1.54, 1.807) is 0 Å². The van der Waals surface area contributed by atoms with Gasteiger partial charge in [-0.3, -0.25) is 0 Å². The molecule has 0 fully saturated rings. The van der Waals surface area contributed by atoms with Gasteiger partial charge in [0.05, 0.1) is 0 Å². The molecule has 0 nitrogen and oxygen atoms in total. The van der Waals surface area contributed by atoms with E-state index in [0.717, 1.165) is 5.57 Å². The first-order valence-electron chi connectivity index (χ1n) is 1.54. The van der Waals surface area contributed by atoms with Crippen LogP contribution in [0.2, 0.25) is 0 Å². The van der Waals surface area contributed by atoms with E-state index < -0.39 is 0 Å². The summed E-state index contributed by atoms with van der Waals surface area (Å²) >= 11 is 0. The number of hydrogen-bond acceptors (Lipinski definition) is 0. The fourth-order valence-corrected chi connectivity index (χ4v) is 0. The van der Waals surface area contributed by atoms with Crippen LogP contribution in [0.4, 0.5) is 0 Å². The van der Waals surface area contributed by atoms with Crippen LogP contribution in [-0.4, -0.2) is 23.1 Å². The van der Waals surface area contributed by atoms with Crippen molar-refractivity contribution in [2.45, 2.75) is 13.8 Å². The SMILES string of the molecule is [Br-].[CH-]=C=C(C)C.[Mg+2]. The van der Waals surface area contributed by atoms with Gasteiger partial charge >= 0.3 is 23.1 Å². The summed E-state index contributed by atoms with van der Waals surface area (Å²) in [7, 11) is 0. The van der Waals surface area contributed by atoms with Crippen LogP contribution in [0.25, 0.3) is 0 Å². The molecule has 0 heterocycles. The van der Waals surface area contributed by atoms with Crippen LogP contribution < -0.4 is 17.0 Å². The van der Waals surface area contributed by atoms with Crippen LogP contribution >= 0.6 is 0 Å². The first kappa shape index (κ1) is 15.7. The zero-order valence-corrected chi connectivity index (χ0v) is 7.66. The minimum absolute atomic E-state index is 0. The fraction of sp³-hybridized carbons (Fsp3) is 0.400. The van der Waals surface area contributed by atoms with Crippen LogP contribution in [0, 0.1) is 6.58 Å². The summed E-state index contributed by atoms with van der Waals surface area (Å²) in [5.74, 6) is 0.